The second-order valence-corrected chi connectivity index (χ2v) is 9.57. The number of benzene rings is 1. The third kappa shape index (κ3) is 5.80. The number of guanidine groups is 1. The van der Waals surface area contributed by atoms with Gasteiger partial charge in [0.1, 0.15) is 0 Å². The Morgan fingerprint density at radius 1 is 1.25 bits per heavy atom. The van der Waals surface area contributed by atoms with E-state index in [0.29, 0.717) is 6.04 Å². The van der Waals surface area contributed by atoms with E-state index in [4.69, 9.17) is 9.73 Å². The maximum atomic E-state index is 5.60. The Kier molecular flexibility index (Phi) is 7.91. The van der Waals surface area contributed by atoms with E-state index in [-0.39, 0.29) is 4.75 Å². The molecule has 1 atom stereocenters. The zero-order chi connectivity index (χ0) is 19.8. The number of anilines is 1. The van der Waals surface area contributed by atoms with Crippen molar-refractivity contribution in [3.63, 3.8) is 0 Å². The van der Waals surface area contributed by atoms with Crippen molar-refractivity contribution in [1.29, 1.82) is 0 Å². The molecule has 0 radical (unpaired) electrons. The molecular formula is C22H36N4OS. The molecule has 2 aliphatic heterocycles. The van der Waals surface area contributed by atoms with Crippen molar-refractivity contribution in [1.82, 2.24) is 10.6 Å². The first-order chi connectivity index (χ1) is 13.6. The van der Waals surface area contributed by atoms with Crippen molar-refractivity contribution in [2.75, 3.05) is 50.0 Å². The molecule has 1 aromatic carbocycles. The van der Waals surface area contributed by atoms with Crippen LogP contribution in [-0.4, -0.2) is 61.9 Å². The Morgan fingerprint density at radius 2 is 2.00 bits per heavy atom. The Hall–Kier alpha value is -1.40. The van der Waals surface area contributed by atoms with Crippen LogP contribution in [0.25, 0.3) is 0 Å². The van der Waals surface area contributed by atoms with Gasteiger partial charge in [-0.15, -0.1) is 0 Å². The molecule has 0 amide bonds. The van der Waals surface area contributed by atoms with E-state index in [1.54, 1.807) is 0 Å². The van der Waals surface area contributed by atoms with Gasteiger partial charge in [-0.1, -0.05) is 24.6 Å². The van der Waals surface area contributed by atoms with Crippen LogP contribution in [0.3, 0.4) is 0 Å². The van der Waals surface area contributed by atoms with E-state index in [1.165, 1.54) is 11.3 Å². The van der Waals surface area contributed by atoms with Gasteiger partial charge in [-0.3, -0.25) is 4.99 Å². The summed E-state index contributed by atoms with van der Waals surface area (Å²) in [6, 6.07) is 9.28. The van der Waals surface area contributed by atoms with Crippen LogP contribution in [-0.2, 0) is 4.74 Å². The maximum Gasteiger partial charge on any atom is 0.191 e. The number of aliphatic imine (C=N–C) groups is 1. The van der Waals surface area contributed by atoms with Crippen molar-refractivity contribution in [2.24, 2.45) is 4.99 Å². The summed E-state index contributed by atoms with van der Waals surface area (Å²) in [5.74, 6) is 2.09. The molecule has 2 heterocycles. The van der Waals surface area contributed by atoms with Gasteiger partial charge in [-0.05, 0) is 51.0 Å². The Morgan fingerprint density at radius 3 is 2.68 bits per heavy atom. The number of thioether (sulfide) groups is 1. The van der Waals surface area contributed by atoms with E-state index in [2.05, 4.69) is 72.3 Å². The highest BCUT2D eigenvalue weighted by Crippen LogP contribution is 2.35. The third-order valence-corrected chi connectivity index (χ3v) is 7.09. The number of nitrogens with one attached hydrogen (secondary N) is 2. The van der Waals surface area contributed by atoms with Crippen molar-refractivity contribution in [3.8, 4) is 0 Å². The molecule has 2 aliphatic rings. The largest absolute Gasteiger partial charge is 0.381 e. The standard InChI is InChI=1S/C22H36N4OS/c1-4-23-21(24-17-22(28-5-2)11-14-27-15-12-22)25-19-10-13-26(16-19)20-8-6-18(3)7-9-20/h6-9,19H,4-5,10-17H2,1-3H3,(H2,23,24,25). The summed E-state index contributed by atoms with van der Waals surface area (Å²) in [5, 5.41) is 7.13. The quantitative estimate of drug-likeness (QED) is 0.539. The normalized spacial score (nSPS) is 22.3. The molecule has 0 aromatic heterocycles. The number of hydrogen-bond donors (Lipinski definition) is 2. The lowest BCUT2D eigenvalue weighted by atomic mass is 9.99. The summed E-state index contributed by atoms with van der Waals surface area (Å²) < 4.78 is 5.83. The fourth-order valence-corrected chi connectivity index (χ4v) is 5.23. The molecule has 1 aromatic rings. The zero-order valence-corrected chi connectivity index (χ0v) is 18.5. The lowest BCUT2D eigenvalue weighted by molar-refractivity contribution is 0.0793. The number of rotatable bonds is 7. The van der Waals surface area contributed by atoms with Crippen molar-refractivity contribution in [2.45, 2.75) is 50.8 Å². The summed E-state index contributed by atoms with van der Waals surface area (Å²) in [4.78, 5) is 7.47. The highest BCUT2D eigenvalue weighted by molar-refractivity contribution is 8.00. The minimum Gasteiger partial charge on any atom is -0.381 e. The highest BCUT2D eigenvalue weighted by Gasteiger charge is 2.33. The zero-order valence-electron chi connectivity index (χ0n) is 17.7. The molecule has 0 bridgehead atoms. The fourth-order valence-electron chi connectivity index (χ4n) is 4.00. The summed E-state index contributed by atoms with van der Waals surface area (Å²) in [6.07, 6.45) is 3.33. The molecule has 0 aliphatic carbocycles. The fraction of sp³-hybridized carbons (Fsp3) is 0.682. The molecule has 2 saturated heterocycles. The predicted molar refractivity (Wildman–Crippen MR) is 122 cm³/mol. The van der Waals surface area contributed by atoms with Crippen molar-refractivity contribution in [3.05, 3.63) is 29.8 Å². The first-order valence-electron chi connectivity index (χ1n) is 10.7. The minimum atomic E-state index is 0.235. The smallest absolute Gasteiger partial charge is 0.191 e. The van der Waals surface area contributed by atoms with E-state index in [1.807, 2.05) is 0 Å². The maximum absolute atomic E-state index is 5.60. The molecule has 1 unspecified atom stereocenters. The van der Waals surface area contributed by atoms with E-state index >= 15 is 0 Å². The van der Waals surface area contributed by atoms with Gasteiger partial charge in [-0.2, -0.15) is 11.8 Å². The second-order valence-electron chi connectivity index (χ2n) is 7.84. The molecule has 3 rings (SSSR count). The van der Waals surface area contributed by atoms with E-state index in [0.717, 1.165) is 70.4 Å². The molecule has 2 fully saturated rings. The van der Waals surface area contributed by atoms with Crippen LogP contribution in [0.15, 0.2) is 29.3 Å². The average Bonchev–Trinajstić information content (AvgIpc) is 3.16. The average molecular weight is 405 g/mol. The Bertz CT molecular complexity index is 622. The van der Waals surface area contributed by atoms with Crippen LogP contribution in [0.5, 0.6) is 0 Å². The van der Waals surface area contributed by atoms with Crippen LogP contribution in [0.1, 0.15) is 38.7 Å². The lowest BCUT2D eigenvalue weighted by Gasteiger charge is -2.35. The van der Waals surface area contributed by atoms with Gasteiger partial charge in [0.15, 0.2) is 5.96 Å². The predicted octanol–water partition coefficient (Wildman–Crippen LogP) is 3.43. The molecular weight excluding hydrogens is 368 g/mol. The van der Waals surface area contributed by atoms with Crippen LogP contribution in [0.4, 0.5) is 5.69 Å². The number of nitrogens with zero attached hydrogens (tertiary/aromatic N) is 2. The van der Waals surface area contributed by atoms with Crippen LogP contribution in [0.2, 0.25) is 0 Å². The van der Waals surface area contributed by atoms with Gasteiger partial charge in [0, 0.05) is 49.3 Å². The minimum absolute atomic E-state index is 0.235. The van der Waals surface area contributed by atoms with Crippen molar-refractivity contribution >= 4 is 23.4 Å². The summed E-state index contributed by atoms with van der Waals surface area (Å²) in [7, 11) is 0. The van der Waals surface area contributed by atoms with Gasteiger partial charge >= 0.3 is 0 Å². The summed E-state index contributed by atoms with van der Waals surface area (Å²) >= 11 is 2.05. The third-order valence-electron chi connectivity index (χ3n) is 5.65. The molecule has 28 heavy (non-hydrogen) atoms. The molecule has 6 heteroatoms. The van der Waals surface area contributed by atoms with E-state index < -0.39 is 0 Å². The van der Waals surface area contributed by atoms with Gasteiger partial charge in [0.05, 0.1) is 6.54 Å². The number of aryl methyl sites for hydroxylation is 1. The molecule has 156 valence electrons. The summed E-state index contributed by atoms with van der Waals surface area (Å²) in [5.41, 5.74) is 2.63. The van der Waals surface area contributed by atoms with Gasteiger partial charge in [0.25, 0.3) is 0 Å². The Balaban J connectivity index is 1.59. The van der Waals surface area contributed by atoms with Gasteiger partial charge in [-0.25, -0.2) is 0 Å². The molecule has 5 nitrogen and oxygen atoms in total. The number of ether oxygens (including phenoxy) is 1. The monoisotopic (exact) mass is 404 g/mol. The highest BCUT2D eigenvalue weighted by atomic mass is 32.2. The van der Waals surface area contributed by atoms with Crippen LogP contribution in [0, 0.1) is 6.92 Å². The topological polar surface area (TPSA) is 48.9 Å². The van der Waals surface area contributed by atoms with Crippen LogP contribution < -0.4 is 15.5 Å². The first-order valence-corrected chi connectivity index (χ1v) is 11.7. The number of hydrogen-bond acceptors (Lipinski definition) is 4. The Labute approximate surface area is 174 Å². The van der Waals surface area contributed by atoms with Crippen molar-refractivity contribution < 1.29 is 4.74 Å². The lowest BCUT2D eigenvalue weighted by Crippen LogP contribution is -2.46. The van der Waals surface area contributed by atoms with Crippen LogP contribution >= 0.6 is 11.8 Å². The van der Waals surface area contributed by atoms with Gasteiger partial charge < -0.3 is 20.3 Å². The van der Waals surface area contributed by atoms with Gasteiger partial charge in [0.2, 0.25) is 0 Å². The molecule has 0 spiro atoms. The van der Waals surface area contributed by atoms with E-state index in [9.17, 15) is 0 Å². The molecule has 0 saturated carbocycles. The second kappa shape index (κ2) is 10.4. The first kappa shape index (κ1) is 21.3. The molecule has 2 N–H and O–H groups in total. The SMILES string of the molecule is CCNC(=NCC1(SCC)CCOCC1)NC1CCN(c2ccc(C)cc2)C1. The summed E-state index contributed by atoms with van der Waals surface area (Å²) in [6.45, 7) is 12.1.